The SMILES string of the molecule is Cc1c(C(=O)N(C)Cc2nccn2C(F)F)oc2ccc(Br)cc12. The molecular weight excluding hydrogens is 384 g/mol. The van der Waals surface area contributed by atoms with Gasteiger partial charge in [0, 0.05) is 34.9 Å². The summed E-state index contributed by atoms with van der Waals surface area (Å²) in [6, 6.07) is 5.46. The molecule has 0 unspecified atom stereocenters. The Hall–Kier alpha value is -2.22. The van der Waals surface area contributed by atoms with Crippen molar-refractivity contribution in [1.29, 1.82) is 0 Å². The maximum Gasteiger partial charge on any atom is 0.319 e. The van der Waals surface area contributed by atoms with Crippen molar-refractivity contribution in [2.45, 2.75) is 20.0 Å². The zero-order chi connectivity index (χ0) is 17.4. The van der Waals surface area contributed by atoms with E-state index in [1.165, 1.54) is 24.3 Å². The van der Waals surface area contributed by atoms with Crippen molar-refractivity contribution in [3.05, 3.63) is 52.2 Å². The van der Waals surface area contributed by atoms with E-state index in [-0.39, 0.29) is 24.0 Å². The molecule has 0 saturated carbocycles. The number of aryl methyl sites for hydroxylation is 1. The molecule has 5 nitrogen and oxygen atoms in total. The summed E-state index contributed by atoms with van der Waals surface area (Å²) in [5.41, 5.74) is 1.31. The quantitative estimate of drug-likeness (QED) is 0.656. The predicted molar refractivity (Wildman–Crippen MR) is 87.9 cm³/mol. The number of alkyl halides is 2. The lowest BCUT2D eigenvalue weighted by molar-refractivity contribution is 0.0604. The Morgan fingerprint density at radius 2 is 2.21 bits per heavy atom. The molecule has 126 valence electrons. The standard InChI is InChI=1S/C16H14BrF2N3O2/c1-9-11-7-10(17)3-4-12(11)24-14(9)15(23)21(2)8-13-20-5-6-22(13)16(18)19/h3-7,16H,8H2,1-2H3. The van der Waals surface area contributed by atoms with Gasteiger partial charge in [0.1, 0.15) is 11.4 Å². The Bertz CT molecular complexity index is 904. The summed E-state index contributed by atoms with van der Waals surface area (Å²) < 4.78 is 33.0. The summed E-state index contributed by atoms with van der Waals surface area (Å²) >= 11 is 3.38. The van der Waals surface area contributed by atoms with Crippen LogP contribution in [-0.2, 0) is 6.54 Å². The summed E-state index contributed by atoms with van der Waals surface area (Å²) in [4.78, 5) is 17.8. The van der Waals surface area contributed by atoms with E-state index in [0.717, 1.165) is 14.4 Å². The van der Waals surface area contributed by atoms with Gasteiger partial charge < -0.3 is 9.32 Å². The number of carbonyl (C=O) groups is 1. The zero-order valence-corrected chi connectivity index (χ0v) is 14.5. The fourth-order valence-corrected chi connectivity index (χ4v) is 2.86. The molecule has 0 atom stereocenters. The summed E-state index contributed by atoms with van der Waals surface area (Å²) in [5.74, 6) is -0.0817. The fourth-order valence-electron chi connectivity index (χ4n) is 2.50. The number of hydrogen-bond donors (Lipinski definition) is 0. The summed E-state index contributed by atoms with van der Waals surface area (Å²) in [6.45, 7) is -0.952. The van der Waals surface area contributed by atoms with Crippen LogP contribution in [0.2, 0.25) is 0 Å². The number of imidazole rings is 1. The molecule has 24 heavy (non-hydrogen) atoms. The monoisotopic (exact) mass is 397 g/mol. The zero-order valence-electron chi connectivity index (χ0n) is 13.0. The van der Waals surface area contributed by atoms with E-state index in [1.54, 1.807) is 13.0 Å². The molecule has 0 fully saturated rings. The maximum atomic E-state index is 12.9. The van der Waals surface area contributed by atoms with Gasteiger partial charge >= 0.3 is 6.55 Å². The van der Waals surface area contributed by atoms with Gasteiger partial charge in [-0.3, -0.25) is 9.36 Å². The van der Waals surface area contributed by atoms with E-state index < -0.39 is 6.55 Å². The van der Waals surface area contributed by atoms with Gasteiger partial charge in [-0.05, 0) is 25.1 Å². The number of benzene rings is 1. The molecule has 1 amide bonds. The summed E-state index contributed by atoms with van der Waals surface area (Å²) in [5, 5.41) is 0.829. The van der Waals surface area contributed by atoms with Gasteiger partial charge in [0.15, 0.2) is 5.76 Å². The number of rotatable bonds is 4. The largest absolute Gasteiger partial charge is 0.451 e. The van der Waals surface area contributed by atoms with Crippen LogP contribution in [-0.4, -0.2) is 27.4 Å². The molecule has 3 rings (SSSR count). The second-order valence-corrected chi connectivity index (χ2v) is 6.30. The molecule has 0 radical (unpaired) electrons. The minimum absolute atomic E-state index is 0.0453. The van der Waals surface area contributed by atoms with E-state index in [4.69, 9.17) is 4.42 Å². The van der Waals surface area contributed by atoms with E-state index in [1.807, 2.05) is 12.1 Å². The van der Waals surface area contributed by atoms with Gasteiger partial charge in [-0.1, -0.05) is 15.9 Å². The highest BCUT2D eigenvalue weighted by Gasteiger charge is 2.23. The van der Waals surface area contributed by atoms with E-state index >= 15 is 0 Å². The second-order valence-electron chi connectivity index (χ2n) is 5.39. The number of furan rings is 1. The molecule has 1 aromatic carbocycles. The molecule has 0 N–H and O–H groups in total. The van der Waals surface area contributed by atoms with Crippen LogP contribution in [0.15, 0.2) is 39.5 Å². The third-order valence-corrected chi connectivity index (χ3v) is 4.27. The number of fused-ring (bicyclic) bond motifs is 1. The molecule has 0 bridgehead atoms. The maximum absolute atomic E-state index is 12.9. The van der Waals surface area contributed by atoms with Gasteiger partial charge in [0.2, 0.25) is 0 Å². The molecule has 2 heterocycles. The topological polar surface area (TPSA) is 51.3 Å². The first-order valence-electron chi connectivity index (χ1n) is 7.12. The van der Waals surface area contributed by atoms with Crippen LogP contribution in [0.25, 0.3) is 11.0 Å². The van der Waals surface area contributed by atoms with Crippen molar-refractivity contribution in [1.82, 2.24) is 14.5 Å². The average Bonchev–Trinajstić information content (AvgIpc) is 3.12. The first kappa shape index (κ1) is 16.6. The van der Waals surface area contributed by atoms with Crippen molar-refractivity contribution in [2.75, 3.05) is 7.05 Å². The van der Waals surface area contributed by atoms with Gasteiger partial charge in [-0.25, -0.2) is 4.98 Å². The fraction of sp³-hybridized carbons (Fsp3) is 0.250. The first-order chi connectivity index (χ1) is 11.4. The molecule has 0 aliphatic rings. The van der Waals surface area contributed by atoms with Crippen molar-refractivity contribution in [3.8, 4) is 0 Å². The lowest BCUT2D eigenvalue weighted by Crippen LogP contribution is -2.28. The Morgan fingerprint density at radius 3 is 2.92 bits per heavy atom. The normalized spacial score (nSPS) is 11.4. The first-order valence-corrected chi connectivity index (χ1v) is 7.91. The smallest absolute Gasteiger partial charge is 0.319 e. The Kier molecular flexibility index (Phi) is 4.40. The second kappa shape index (κ2) is 6.35. The van der Waals surface area contributed by atoms with Gasteiger partial charge in [-0.2, -0.15) is 8.78 Å². The third-order valence-electron chi connectivity index (χ3n) is 3.78. The van der Waals surface area contributed by atoms with Crippen LogP contribution in [0.5, 0.6) is 0 Å². The lowest BCUT2D eigenvalue weighted by atomic mass is 10.1. The number of amides is 1. The molecule has 0 aliphatic carbocycles. The minimum atomic E-state index is -2.70. The Balaban J connectivity index is 1.88. The Morgan fingerprint density at radius 1 is 1.46 bits per heavy atom. The van der Waals surface area contributed by atoms with Crippen LogP contribution < -0.4 is 0 Å². The van der Waals surface area contributed by atoms with Crippen LogP contribution >= 0.6 is 15.9 Å². The molecule has 8 heteroatoms. The van der Waals surface area contributed by atoms with E-state index in [0.29, 0.717) is 11.1 Å². The van der Waals surface area contributed by atoms with Crippen molar-refractivity contribution in [3.63, 3.8) is 0 Å². The van der Waals surface area contributed by atoms with Crippen LogP contribution in [0.4, 0.5) is 8.78 Å². The van der Waals surface area contributed by atoms with Crippen LogP contribution in [0.3, 0.4) is 0 Å². The number of hydrogen-bond acceptors (Lipinski definition) is 3. The predicted octanol–water partition coefficient (Wildman–Crippen LogP) is 4.37. The third kappa shape index (κ3) is 2.93. The molecule has 3 aromatic rings. The number of carbonyl (C=O) groups excluding carboxylic acids is 1. The molecule has 0 spiro atoms. The highest BCUT2D eigenvalue weighted by atomic mass is 79.9. The van der Waals surface area contributed by atoms with Crippen molar-refractivity contribution in [2.24, 2.45) is 0 Å². The molecule has 0 aliphatic heterocycles. The van der Waals surface area contributed by atoms with Crippen LogP contribution in [0.1, 0.15) is 28.5 Å². The molecular formula is C16H14BrF2N3O2. The van der Waals surface area contributed by atoms with E-state index in [2.05, 4.69) is 20.9 Å². The number of halogens is 3. The van der Waals surface area contributed by atoms with Crippen LogP contribution in [0, 0.1) is 6.92 Å². The summed E-state index contributed by atoms with van der Waals surface area (Å²) in [7, 11) is 1.52. The highest BCUT2D eigenvalue weighted by Crippen LogP contribution is 2.29. The highest BCUT2D eigenvalue weighted by molar-refractivity contribution is 9.10. The Labute approximate surface area is 145 Å². The van der Waals surface area contributed by atoms with Gasteiger partial charge in [0.25, 0.3) is 5.91 Å². The summed E-state index contributed by atoms with van der Waals surface area (Å²) in [6.07, 6.45) is 2.46. The van der Waals surface area contributed by atoms with Crippen molar-refractivity contribution < 1.29 is 18.0 Å². The lowest BCUT2D eigenvalue weighted by Gasteiger charge is -2.16. The molecule has 0 saturated heterocycles. The van der Waals surface area contributed by atoms with Gasteiger partial charge in [0.05, 0.1) is 6.54 Å². The van der Waals surface area contributed by atoms with Crippen molar-refractivity contribution >= 4 is 32.8 Å². The number of aromatic nitrogens is 2. The average molecular weight is 398 g/mol. The van der Waals surface area contributed by atoms with Gasteiger partial charge in [-0.15, -0.1) is 0 Å². The minimum Gasteiger partial charge on any atom is -0.451 e. The molecule has 2 aromatic heterocycles. The van der Waals surface area contributed by atoms with E-state index in [9.17, 15) is 13.6 Å². The number of nitrogens with zero attached hydrogens (tertiary/aromatic N) is 3.